The van der Waals surface area contributed by atoms with Crippen LogP contribution in [-0.4, -0.2) is 70.8 Å². The summed E-state index contributed by atoms with van der Waals surface area (Å²) in [5.74, 6) is -1.51. The molecule has 2 aliphatic rings. The molecule has 0 spiro atoms. The smallest absolute Gasteiger partial charge is 0.254 e. The number of phenols is 1. The van der Waals surface area contributed by atoms with Gasteiger partial charge in [0, 0.05) is 31.2 Å². The minimum atomic E-state index is -1.63. The summed E-state index contributed by atoms with van der Waals surface area (Å²) in [7, 11) is 1.54. The minimum absolute atomic E-state index is 0.0275. The second kappa shape index (κ2) is 12.8. The summed E-state index contributed by atoms with van der Waals surface area (Å²) >= 11 is 0. The second-order valence-electron chi connectivity index (χ2n) is 11.1. The van der Waals surface area contributed by atoms with Gasteiger partial charge in [0.25, 0.3) is 11.8 Å². The molecule has 0 unspecified atom stereocenters. The summed E-state index contributed by atoms with van der Waals surface area (Å²) in [4.78, 5) is 42.1. The predicted molar refractivity (Wildman–Crippen MR) is 157 cm³/mol. The van der Waals surface area contributed by atoms with Crippen LogP contribution in [0.2, 0.25) is 0 Å². The van der Waals surface area contributed by atoms with Gasteiger partial charge in [0.1, 0.15) is 11.8 Å². The quantitative estimate of drug-likeness (QED) is 0.313. The van der Waals surface area contributed by atoms with Crippen molar-refractivity contribution in [1.29, 1.82) is 0 Å². The monoisotopic (exact) mass is 571 g/mol. The maximum Gasteiger partial charge on any atom is 0.254 e. The molecule has 1 fully saturated rings. The Morgan fingerprint density at radius 3 is 2.52 bits per heavy atom. The molecule has 3 amide bonds. The van der Waals surface area contributed by atoms with Gasteiger partial charge in [0.15, 0.2) is 6.10 Å². The number of hydrogen-bond donors (Lipinski definition) is 4. The number of nitrogens with one attached hydrogen (secondary N) is 2. The highest BCUT2D eigenvalue weighted by Crippen LogP contribution is 2.32. The fraction of sp³-hybridized carbons (Fsp3) is 0.364. The SMILES string of the molecule is CO[C@@H]1C[C@@H](C(=O)N[C@H]2CCc3ccccc32)N(C(=O)[C@@H](O)[C@H](Cc2ccccc2)NC(=O)c2cccc(O)c2C)C1. The van der Waals surface area contributed by atoms with Crippen LogP contribution in [0.25, 0.3) is 0 Å². The molecule has 0 aromatic heterocycles. The summed E-state index contributed by atoms with van der Waals surface area (Å²) in [5.41, 5.74) is 3.73. The van der Waals surface area contributed by atoms with E-state index in [1.54, 1.807) is 19.1 Å². The topological polar surface area (TPSA) is 128 Å². The summed E-state index contributed by atoms with van der Waals surface area (Å²) in [6, 6.07) is 19.9. The molecule has 5 atom stereocenters. The summed E-state index contributed by atoms with van der Waals surface area (Å²) < 4.78 is 5.53. The Hall–Kier alpha value is -4.21. The largest absolute Gasteiger partial charge is 0.508 e. The van der Waals surface area contributed by atoms with Crippen LogP contribution in [0.5, 0.6) is 5.75 Å². The van der Waals surface area contributed by atoms with E-state index >= 15 is 0 Å². The number of aromatic hydroxyl groups is 1. The third-order valence-corrected chi connectivity index (χ3v) is 8.43. The number of phenolic OH excluding ortho intramolecular Hbond substituents is 1. The van der Waals surface area contributed by atoms with Gasteiger partial charge in [0.2, 0.25) is 5.91 Å². The van der Waals surface area contributed by atoms with Crippen molar-refractivity contribution in [3.8, 4) is 5.75 Å². The van der Waals surface area contributed by atoms with Gasteiger partial charge in [-0.15, -0.1) is 0 Å². The molecule has 3 aromatic rings. The van der Waals surface area contributed by atoms with Crippen molar-refractivity contribution in [3.05, 3.63) is 101 Å². The Bertz CT molecular complexity index is 1440. The zero-order valence-corrected chi connectivity index (χ0v) is 23.8. The lowest BCUT2D eigenvalue weighted by molar-refractivity contribution is -0.146. The van der Waals surface area contributed by atoms with Crippen molar-refractivity contribution in [2.24, 2.45) is 0 Å². The molecular formula is C33H37N3O6. The molecule has 220 valence electrons. The van der Waals surface area contributed by atoms with Gasteiger partial charge in [-0.25, -0.2) is 0 Å². The number of fused-ring (bicyclic) bond motifs is 1. The van der Waals surface area contributed by atoms with Crippen LogP contribution in [-0.2, 0) is 27.2 Å². The van der Waals surface area contributed by atoms with E-state index in [-0.39, 0.29) is 42.3 Å². The highest BCUT2D eigenvalue weighted by Gasteiger charge is 2.44. The Balaban J connectivity index is 1.36. The third kappa shape index (κ3) is 6.17. The molecule has 1 aliphatic heterocycles. The van der Waals surface area contributed by atoms with Crippen LogP contribution in [0.3, 0.4) is 0 Å². The third-order valence-electron chi connectivity index (χ3n) is 8.43. The first kappa shape index (κ1) is 29.3. The fourth-order valence-corrected chi connectivity index (χ4v) is 6.00. The molecule has 9 heteroatoms. The Morgan fingerprint density at radius 1 is 1.02 bits per heavy atom. The average Bonchev–Trinajstić information content (AvgIpc) is 3.62. The standard InChI is InChI=1S/C33H37N3O6/c1-20-24(13-8-14-29(20)37)31(39)35-27(17-21-9-4-3-5-10-21)30(38)33(41)36-19-23(42-2)18-28(36)32(40)34-26-16-15-22-11-6-7-12-25(22)26/h3-14,23,26-28,30,37-38H,15-19H2,1-2H3,(H,34,40)(H,35,39)/t23-,26+,27+,28+,30+/m1/s1. The zero-order valence-electron chi connectivity index (χ0n) is 23.8. The number of aliphatic hydroxyl groups is 1. The van der Waals surface area contributed by atoms with Crippen LogP contribution in [0.15, 0.2) is 72.8 Å². The normalized spacial score (nSPS) is 20.9. The molecule has 9 nitrogen and oxygen atoms in total. The number of amides is 3. The average molecular weight is 572 g/mol. The molecule has 0 radical (unpaired) electrons. The molecule has 4 N–H and O–H groups in total. The van der Waals surface area contributed by atoms with Crippen LogP contribution in [0, 0.1) is 6.92 Å². The van der Waals surface area contributed by atoms with Gasteiger partial charge in [-0.3, -0.25) is 14.4 Å². The van der Waals surface area contributed by atoms with Crippen molar-refractivity contribution < 1.29 is 29.3 Å². The number of benzene rings is 3. The molecule has 1 heterocycles. The van der Waals surface area contributed by atoms with E-state index in [1.807, 2.05) is 48.5 Å². The van der Waals surface area contributed by atoms with Crippen molar-refractivity contribution in [3.63, 3.8) is 0 Å². The van der Waals surface area contributed by atoms with Crippen molar-refractivity contribution in [2.75, 3.05) is 13.7 Å². The van der Waals surface area contributed by atoms with Crippen LogP contribution >= 0.6 is 0 Å². The highest BCUT2D eigenvalue weighted by molar-refractivity contribution is 5.97. The minimum Gasteiger partial charge on any atom is -0.508 e. The Morgan fingerprint density at radius 2 is 1.76 bits per heavy atom. The van der Waals surface area contributed by atoms with E-state index in [0.29, 0.717) is 12.0 Å². The molecule has 0 saturated carbocycles. The van der Waals surface area contributed by atoms with E-state index in [1.165, 1.54) is 23.6 Å². The van der Waals surface area contributed by atoms with E-state index in [4.69, 9.17) is 4.74 Å². The van der Waals surface area contributed by atoms with Crippen LogP contribution in [0.4, 0.5) is 0 Å². The number of methoxy groups -OCH3 is 1. The molecule has 0 bridgehead atoms. The van der Waals surface area contributed by atoms with Gasteiger partial charge in [-0.2, -0.15) is 0 Å². The van der Waals surface area contributed by atoms with E-state index in [9.17, 15) is 24.6 Å². The number of nitrogens with zero attached hydrogens (tertiary/aromatic N) is 1. The predicted octanol–water partition coefficient (Wildman–Crippen LogP) is 2.82. The van der Waals surface area contributed by atoms with Crippen molar-refractivity contribution >= 4 is 17.7 Å². The Kier molecular flexibility index (Phi) is 8.89. The first-order valence-corrected chi connectivity index (χ1v) is 14.3. The number of carbonyl (C=O) groups is 3. The van der Waals surface area contributed by atoms with Crippen LogP contribution in [0.1, 0.15) is 51.5 Å². The lowest BCUT2D eigenvalue weighted by Crippen LogP contribution is -2.56. The van der Waals surface area contributed by atoms with Gasteiger partial charge in [-0.1, -0.05) is 60.7 Å². The maximum atomic E-state index is 13.9. The van der Waals surface area contributed by atoms with E-state index < -0.39 is 30.0 Å². The summed E-state index contributed by atoms with van der Waals surface area (Å²) in [6.45, 7) is 1.77. The van der Waals surface area contributed by atoms with Gasteiger partial charge in [-0.05, 0) is 55.0 Å². The number of rotatable bonds is 9. The lowest BCUT2D eigenvalue weighted by Gasteiger charge is -2.31. The number of likely N-dealkylation sites (tertiary alicyclic amines) is 1. The second-order valence-corrected chi connectivity index (χ2v) is 11.1. The summed E-state index contributed by atoms with van der Waals surface area (Å²) in [6.07, 6.45) is 0.117. The Labute approximate surface area is 245 Å². The molecule has 1 aliphatic carbocycles. The number of carbonyl (C=O) groups excluding carboxylic acids is 3. The molecular weight excluding hydrogens is 534 g/mol. The van der Waals surface area contributed by atoms with Gasteiger partial charge in [0.05, 0.1) is 18.2 Å². The molecule has 3 aromatic carbocycles. The number of ether oxygens (including phenoxy) is 1. The molecule has 1 saturated heterocycles. The van der Waals surface area contributed by atoms with Crippen LogP contribution < -0.4 is 10.6 Å². The molecule has 5 rings (SSSR count). The number of aliphatic hydroxyl groups excluding tert-OH is 1. The maximum absolute atomic E-state index is 13.9. The number of aryl methyl sites for hydroxylation is 1. The van der Waals surface area contributed by atoms with Crippen molar-refractivity contribution in [2.45, 2.75) is 62.9 Å². The van der Waals surface area contributed by atoms with E-state index in [0.717, 1.165) is 24.0 Å². The lowest BCUT2D eigenvalue weighted by atomic mass is 9.98. The summed E-state index contributed by atoms with van der Waals surface area (Å²) in [5, 5.41) is 27.5. The van der Waals surface area contributed by atoms with Gasteiger partial charge >= 0.3 is 0 Å². The zero-order chi connectivity index (χ0) is 29.8. The fourth-order valence-electron chi connectivity index (χ4n) is 6.00. The first-order chi connectivity index (χ1) is 20.3. The van der Waals surface area contributed by atoms with Gasteiger partial charge < -0.3 is 30.5 Å². The first-order valence-electron chi connectivity index (χ1n) is 14.3. The molecule has 42 heavy (non-hydrogen) atoms. The van der Waals surface area contributed by atoms with Crippen molar-refractivity contribution in [1.82, 2.24) is 15.5 Å². The highest BCUT2D eigenvalue weighted by atomic mass is 16.5. The number of hydrogen-bond acceptors (Lipinski definition) is 6. The van der Waals surface area contributed by atoms with E-state index in [2.05, 4.69) is 16.7 Å².